The summed E-state index contributed by atoms with van der Waals surface area (Å²) in [5.41, 5.74) is 0. The van der Waals surface area contributed by atoms with Gasteiger partial charge >= 0.3 is 0 Å². The molecule has 4 heteroatoms. The molecule has 0 bridgehead atoms. The number of aliphatic imine (C=N–C) groups is 1. The molecule has 0 fully saturated rings. The highest BCUT2D eigenvalue weighted by Gasteiger charge is 1.97. The van der Waals surface area contributed by atoms with Crippen LogP contribution >= 0.6 is 0 Å². The van der Waals surface area contributed by atoms with Crippen LogP contribution in [0.3, 0.4) is 0 Å². The second-order valence-electron chi connectivity index (χ2n) is 2.77. The van der Waals surface area contributed by atoms with Gasteiger partial charge in [-0.15, -0.1) is 0 Å². The van der Waals surface area contributed by atoms with E-state index in [0.717, 1.165) is 13.0 Å². The molecule has 68 valence electrons. The molecule has 0 aromatic heterocycles. The SMILES string of the molecule is CCCN=C(NC#N)NC(C)C. The van der Waals surface area contributed by atoms with Crippen molar-refractivity contribution in [1.82, 2.24) is 10.6 Å². The minimum Gasteiger partial charge on any atom is -0.353 e. The Morgan fingerprint density at radius 3 is 2.67 bits per heavy atom. The molecule has 0 atom stereocenters. The lowest BCUT2D eigenvalue weighted by Crippen LogP contribution is -2.39. The van der Waals surface area contributed by atoms with E-state index in [1.807, 2.05) is 27.0 Å². The van der Waals surface area contributed by atoms with Crippen LogP contribution in [0.1, 0.15) is 27.2 Å². The minimum atomic E-state index is 0.293. The Bertz CT molecular complexity index is 178. The summed E-state index contributed by atoms with van der Waals surface area (Å²) in [6.45, 7) is 6.79. The first kappa shape index (κ1) is 10.8. The highest BCUT2D eigenvalue weighted by molar-refractivity contribution is 5.81. The van der Waals surface area contributed by atoms with Crippen molar-refractivity contribution >= 4 is 5.96 Å². The molecule has 12 heavy (non-hydrogen) atoms. The summed E-state index contributed by atoms with van der Waals surface area (Å²) in [4.78, 5) is 4.14. The van der Waals surface area contributed by atoms with Crippen LogP contribution < -0.4 is 10.6 Å². The normalized spacial score (nSPS) is 11.1. The standard InChI is InChI=1S/C8H16N4/c1-4-5-10-8(11-6-9)12-7(2)3/h7H,4-5H2,1-3H3,(H2,10,11,12). The number of hydrogen-bond donors (Lipinski definition) is 2. The van der Waals surface area contributed by atoms with Crippen LogP contribution in [0.5, 0.6) is 0 Å². The van der Waals surface area contributed by atoms with Crippen LogP contribution in [0.15, 0.2) is 4.99 Å². The van der Waals surface area contributed by atoms with Gasteiger partial charge in [0.2, 0.25) is 5.96 Å². The van der Waals surface area contributed by atoms with Crippen LogP contribution in [0.4, 0.5) is 0 Å². The average molecular weight is 168 g/mol. The van der Waals surface area contributed by atoms with Gasteiger partial charge in [-0.05, 0) is 20.3 Å². The lowest BCUT2D eigenvalue weighted by Gasteiger charge is -2.10. The van der Waals surface area contributed by atoms with Crippen molar-refractivity contribution in [2.45, 2.75) is 33.2 Å². The molecule has 0 aromatic carbocycles. The Morgan fingerprint density at radius 1 is 1.58 bits per heavy atom. The van der Waals surface area contributed by atoms with Gasteiger partial charge in [0.25, 0.3) is 0 Å². The monoisotopic (exact) mass is 168 g/mol. The minimum absolute atomic E-state index is 0.293. The van der Waals surface area contributed by atoms with Gasteiger partial charge in [0, 0.05) is 12.6 Å². The Kier molecular flexibility index (Phi) is 5.80. The zero-order valence-corrected chi connectivity index (χ0v) is 7.89. The smallest absolute Gasteiger partial charge is 0.204 e. The number of nitrogens with zero attached hydrogens (tertiary/aromatic N) is 2. The van der Waals surface area contributed by atoms with E-state index >= 15 is 0 Å². The number of rotatable bonds is 3. The highest BCUT2D eigenvalue weighted by Crippen LogP contribution is 1.81. The third-order valence-electron chi connectivity index (χ3n) is 1.09. The molecule has 2 N–H and O–H groups in total. The van der Waals surface area contributed by atoms with E-state index < -0.39 is 0 Å². The Balaban J connectivity index is 3.95. The first-order valence-corrected chi connectivity index (χ1v) is 4.16. The second-order valence-corrected chi connectivity index (χ2v) is 2.77. The molecule has 0 saturated carbocycles. The first-order valence-electron chi connectivity index (χ1n) is 4.16. The molecule has 0 spiro atoms. The maximum Gasteiger partial charge on any atom is 0.204 e. The molecule has 0 heterocycles. The van der Waals surface area contributed by atoms with Gasteiger partial charge in [-0.3, -0.25) is 10.3 Å². The Hall–Kier alpha value is -1.24. The predicted molar refractivity (Wildman–Crippen MR) is 49.6 cm³/mol. The van der Waals surface area contributed by atoms with E-state index in [4.69, 9.17) is 5.26 Å². The Morgan fingerprint density at radius 2 is 2.25 bits per heavy atom. The van der Waals surface area contributed by atoms with Gasteiger partial charge in [-0.2, -0.15) is 5.26 Å². The predicted octanol–water partition coefficient (Wildman–Crippen LogP) is 0.821. The number of guanidine groups is 1. The zero-order chi connectivity index (χ0) is 9.40. The lowest BCUT2D eigenvalue weighted by atomic mass is 10.4. The fourth-order valence-electron chi connectivity index (χ4n) is 0.671. The van der Waals surface area contributed by atoms with Crippen molar-refractivity contribution < 1.29 is 0 Å². The van der Waals surface area contributed by atoms with Crippen molar-refractivity contribution in [2.75, 3.05) is 6.54 Å². The van der Waals surface area contributed by atoms with Gasteiger partial charge in [-0.1, -0.05) is 6.92 Å². The van der Waals surface area contributed by atoms with Gasteiger partial charge in [-0.25, -0.2) is 0 Å². The largest absolute Gasteiger partial charge is 0.353 e. The summed E-state index contributed by atoms with van der Waals surface area (Å²) in [7, 11) is 0. The van der Waals surface area contributed by atoms with Crippen molar-refractivity contribution in [2.24, 2.45) is 4.99 Å². The maximum absolute atomic E-state index is 8.37. The average Bonchev–Trinajstić information content (AvgIpc) is 2.00. The van der Waals surface area contributed by atoms with E-state index in [1.54, 1.807) is 0 Å². The van der Waals surface area contributed by atoms with Gasteiger partial charge in [0.05, 0.1) is 0 Å². The topological polar surface area (TPSA) is 60.2 Å². The van der Waals surface area contributed by atoms with Gasteiger partial charge < -0.3 is 5.32 Å². The molecular weight excluding hydrogens is 152 g/mol. The summed E-state index contributed by atoms with van der Waals surface area (Å²) in [5, 5.41) is 13.9. The van der Waals surface area contributed by atoms with E-state index in [0.29, 0.717) is 12.0 Å². The summed E-state index contributed by atoms with van der Waals surface area (Å²) in [5.74, 6) is 0.564. The first-order chi connectivity index (χ1) is 5.70. The zero-order valence-electron chi connectivity index (χ0n) is 7.89. The van der Waals surface area contributed by atoms with Crippen molar-refractivity contribution in [1.29, 1.82) is 5.26 Å². The van der Waals surface area contributed by atoms with Crippen LogP contribution in [-0.2, 0) is 0 Å². The van der Waals surface area contributed by atoms with E-state index in [9.17, 15) is 0 Å². The molecule has 0 saturated heterocycles. The molecule has 0 unspecified atom stereocenters. The van der Waals surface area contributed by atoms with E-state index in [-0.39, 0.29) is 0 Å². The fraction of sp³-hybridized carbons (Fsp3) is 0.750. The van der Waals surface area contributed by atoms with Crippen LogP contribution in [-0.4, -0.2) is 18.5 Å². The molecule has 0 amide bonds. The van der Waals surface area contributed by atoms with Crippen molar-refractivity contribution in [3.63, 3.8) is 0 Å². The fourth-order valence-corrected chi connectivity index (χ4v) is 0.671. The van der Waals surface area contributed by atoms with Crippen molar-refractivity contribution in [3.8, 4) is 6.19 Å². The molecule has 0 radical (unpaired) electrons. The molecule has 0 aliphatic heterocycles. The quantitative estimate of drug-likeness (QED) is 0.284. The molecule has 4 nitrogen and oxygen atoms in total. The summed E-state index contributed by atoms with van der Waals surface area (Å²) >= 11 is 0. The maximum atomic E-state index is 8.37. The molecule has 0 aliphatic carbocycles. The molecular formula is C8H16N4. The third-order valence-corrected chi connectivity index (χ3v) is 1.09. The van der Waals surface area contributed by atoms with Gasteiger partial charge in [0.15, 0.2) is 6.19 Å². The Labute approximate surface area is 73.7 Å². The highest BCUT2D eigenvalue weighted by atomic mass is 15.2. The van der Waals surface area contributed by atoms with E-state index in [1.165, 1.54) is 0 Å². The molecule has 0 rings (SSSR count). The van der Waals surface area contributed by atoms with Gasteiger partial charge in [0.1, 0.15) is 0 Å². The van der Waals surface area contributed by atoms with Crippen LogP contribution in [0, 0.1) is 11.5 Å². The van der Waals surface area contributed by atoms with Crippen LogP contribution in [0.25, 0.3) is 0 Å². The third kappa shape index (κ3) is 5.54. The summed E-state index contributed by atoms with van der Waals surface area (Å²) in [6, 6.07) is 0.293. The number of hydrogen-bond acceptors (Lipinski definition) is 2. The second kappa shape index (κ2) is 6.47. The number of nitriles is 1. The molecule has 0 aromatic rings. The summed E-state index contributed by atoms with van der Waals surface area (Å²) in [6.07, 6.45) is 2.82. The van der Waals surface area contributed by atoms with Crippen LogP contribution in [0.2, 0.25) is 0 Å². The van der Waals surface area contributed by atoms with Crippen molar-refractivity contribution in [3.05, 3.63) is 0 Å². The molecule has 0 aliphatic rings. The lowest BCUT2D eigenvalue weighted by molar-refractivity contribution is 0.713. The van der Waals surface area contributed by atoms with E-state index in [2.05, 4.69) is 15.6 Å². The number of nitrogens with one attached hydrogen (secondary N) is 2. The summed E-state index contributed by atoms with van der Waals surface area (Å²) < 4.78 is 0.